The molecule has 0 spiro atoms. The predicted octanol–water partition coefficient (Wildman–Crippen LogP) is 26.1. The van der Waals surface area contributed by atoms with Gasteiger partial charge in [0.1, 0.15) is 23.1 Å². The Morgan fingerprint density at radius 2 is 0.560 bits per heavy atom. The highest BCUT2D eigenvalue weighted by Gasteiger charge is 2.12. The minimum Gasteiger partial charge on any atom is -0.591 e. The fourth-order valence-electron chi connectivity index (χ4n) is 9.47. The Morgan fingerprint density at radius 1 is 0.353 bits per heavy atom. The zero-order valence-corrected chi connectivity index (χ0v) is 85.9. The van der Waals surface area contributed by atoms with Crippen molar-refractivity contribution in [3.63, 3.8) is 0 Å². The van der Waals surface area contributed by atoms with Gasteiger partial charge in [0.2, 0.25) is 5.91 Å². The van der Waals surface area contributed by atoms with Crippen LogP contribution in [-0.4, -0.2) is 152 Å². The molecule has 1 amide bonds. The second-order valence-electron chi connectivity index (χ2n) is 29.8. The number of aliphatic hydroxyl groups is 1. The van der Waals surface area contributed by atoms with Crippen LogP contribution < -0.4 is 28.8 Å². The number of hydrogen-bond acceptors (Lipinski definition) is 20. The average Bonchev–Trinajstić information content (AvgIpc) is 1.01. The van der Waals surface area contributed by atoms with E-state index in [4.69, 9.17) is 44.1 Å². The smallest absolute Gasteiger partial charge is 0.303 e. The molecule has 0 aromatic rings. The van der Waals surface area contributed by atoms with E-state index in [1.54, 1.807) is 35.3 Å². The molecule has 13 N–H and O–H groups in total. The van der Waals surface area contributed by atoms with Gasteiger partial charge in [0.05, 0.1) is 18.1 Å². The third-order valence-corrected chi connectivity index (χ3v) is 23.1. The van der Waals surface area contributed by atoms with Crippen molar-refractivity contribution in [2.24, 2.45) is 46.5 Å². The van der Waals surface area contributed by atoms with E-state index in [2.05, 4.69) is 131 Å². The van der Waals surface area contributed by atoms with Crippen molar-refractivity contribution in [3.8, 4) is 0 Å². The maximum absolute atomic E-state index is 10.9. The molecule has 0 radical (unpaired) electrons. The fourth-order valence-corrected chi connectivity index (χ4v) is 12.2. The SMILES string of the molecule is CC.CC(=O)[C@H](CS)[N-]N.CCC(=O)[C@@H](N)CCSC.CCC(=O)[C@@H](N)CCSC.CCC(=O)[C@@H](N)CCSC.CCC(C)CS.CCC(C)CS.CCC(C)CS.CCCCCCCCCCCCCCC(N)=O.CCCCCCCCCCCCCCCC(=O)O.CCCCCCCCCCCCCCCC(=O)O.OCCCS. The van der Waals surface area contributed by atoms with E-state index in [9.17, 15) is 33.6 Å². The summed E-state index contributed by atoms with van der Waals surface area (Å²) in [6, 6.07) is -1.09. The standard InChI is InChI=1S/2C16H32O2.C15H31NO.3C7H15NOS.3C5H12S.C4H9N2OS.C3H8OS.C2H6/c2*1-2-3-4-5-6-7-8-9-10-11-12-13-14-15-16(17)18;1-2-3-4-5-6-7-8-9-10-11-12-13-14-15(16)17;3*1-3-7(9)6(8)4-5-10-2;3*1-3-5(2)4-6;1-3(7)4(2-8)6-5;4-2-1-3-5;1-2/h2*2-15H2,1H3,(H,17,18);2-14H2,1H3,(H2,16,17);3*6H,3-5,8H2,1-2H3;3*5-6H,3-4H2,1-2H3;4,8H,2,5H2,1H3;4-5H,1-3H2;1-2H3/q;;;;;;;;;-1;;/t;;;3*6-;;;;4-;;/m...000...0../s1. The first-order valence-corrected chi connectivity index (χ1v) is 53.5. The lowest BCUT2D eigenvalue weighted by Gasteiger charge is -2.21. The van der Waals surface area contributed by atoms with Gasteiger partial charge in [-0.25, -0.2) is 0 Å². The van der Waals surface area contributed by atoms with Crippen LogP contribution in [-0.2, 0) is 33.6 Å². The molecular formula is C92H199N6O10S8-. The highest BCUT2D eigenvalue weighted by molar-refractivity contribution is 7.99. The number of carboxylic acid groups (broad SMARTS) is 2. The van der Waals surface area contributed by atoms with Gasteiger partial charge in [-0.3, -0.25) is 28.8 Å². The lowest BCUT2D eigenvalue weighted by atomic mass is 10.0. The lowest BCUT2D eigenvalue weighted by molar-refractivity contribution is -0.138. The Hall–Kier alpha value is -0.350. The number of ketones is 4. The van der Waals surface area contributed by atoms with Crippen LogP contribution in [0.25, 0.3) is 5.43 Å². The number of carboxylic acids is 2. The quantitative estimate of drug-likeness (QED) is 0.0116. The average molecular weight is 1810 g/mol. The van der Waals surface area contributed by atoms with Gasteiger partial charge in [-0.2, -0.15) is 98.4 Å². The minimum absolute atomic E-state index is 0.0394. The number of unbranched alkanes of at least 4 members (excludes halogenated alkanes) is 35. The summed E-state index contributed by atoms with van der Waals surface area (Å²) < 4.78 is 0. The Kier molecular flexibility index (Phi) is 162. The zero-order valence-electron chi connectivity index (χ0n) is 79.0. The molecule has 3 unspecified atom stereocenters. The maximum Gasteiger partial charge on any atom is 0.303 e. The van der Waals surface area contributed by atoms with E-state index in [0.29, 0.717) is 44.3 Å². The molecule has 0 aliphatic heterocycles. The first-order valence-electron chi connectivity index (χ1n) is 46.1. The van der Waals surface area contributed by atoms with Crippen molar-refractivity contribution in [2.45, 2.75) is 455 Å². The summed E-state index contributed by atoms with van der Waals surface area (Å²) in [6.07, 6.45) is 65.8. The number of thiol groups is 5. The van der Waals surface area contributed by atoms with Crippen molar-refractivity contribution in [1.29, 1.82) is 0 Å². The summed E-state index contributed by atoms with van der Waals surface area (Å²) in [5.41, 5.74) is 25.0. The molecule has 116 heavy (non-hydrogen) atoms. The highest BCUT2D eigenvalue weighted by Crippen LogP contribution is 2.17. The molecule has 0 aromatic heterocycles. The number of thioether (sulfide) groups is 3. The summed E-state index contributed by atoms with van der Waals surface area (Å²) in [4.78, 5) is 74.1. The molecular weight excluding hydrogens is 1610 g/mol. The van der Waals surface area contributed by atoms with Crippen LogP contribution >= 0.6 is 98.4 Å². The van der Waals surface area contributed by atoms with Crippen molar-refractivity contribution in [2.75, 3.05) is 71.4 Å². The van der Waals surface area contributed by atoms with Crippen molar-refractivity contribution < 1.29 is 48.9 Å². The molecule has 0 heterocycles. The lowest BCUT2D eigenvalue weighted by Crippen LogP contribution is -2.30. The zero-order chi connectivity index (χ0) is 91.3. The summed E-state index contributed by atoms with van der Waals surface area (Å²) >= 11 is 25.1. The third-order valence-electron chi connectivity index (χ3n) is 18.6. The number of hydrogen-bond donors (Lipinski definition) is 13. The Bertz CT molecular complexity index is 1730. The number of rotatable bonds is 67. The second-order valence-corrected chi connectivity index (χ2v) is 34.7. The molecule has 0 aliphatic carbocycles. The summed E-state index contributed by atoms with van der Waals surface area (Å²) in [5.74, 6) is 13.5. The van der Waals surface area contributed by atoms with Crippen molar-refractivity contribution >= 4 is 139 Å². The van der Waals surface area contributed by atoms with Crippen LogP contribution in [0.15, 0.2) is 0 Å². The molecule has 0 rings (SSSR count). The molecule has 0 bridgehead atoms. The maximum atomic E-state index is 10.9. The Labute approximate surface area is 761 Å². The topological polar surface area (TPSA) is 324 Å². The number of aliphatic hydroxyl groups excluding tert-OH is 1. The van der Waals surface area contributed by atoms with Gasteiger partial charge < -0.3 is 54.3 Å². The molecule has 16 nitrogen and oxygen atoms in total. The van der Waals surface area contributed by atoms with Gasteiger partial charge in [0, 0.05) is 45.1 Å². The van der Waals surface area contributed by atoms with E-state index in [0.717, 1.165) is 116 Å². The van der Waals surface area contributed by atoms with Gasteiger partial charge in [-0.15, -0.1) is 0 Å². The van der Waals surface area contributed by atoms with Gasteiger partial charge in [0.15, 0.2) is 0 Å². The number of amides is 1. The van der Waals surface area contributed by atoms with Gasteiger partial charge in [-0.05, 0) is 134 Å². The van der Waals surface area contributed by atoms with Crippen molar-refractivity contribution in [3.05, 3.63) is 5.43 Å². The number of Topliss-reactive ketones (excluding diaryl/α,β-unsaturated/α-hetero) is 4. The number of nitrogens with zero attached hydrogens (tertiary/aromatic N) is 1. The van der Waals surface area contributed by atoms with E-state index in [1.807, 2.05) is 53.4 Å². The minimum atomic E-state index is -0.655. The van der Waals surface area contributed by atoms with E-state index in [1.165, 1.54) is 238 Å². The Balaban J connectivity index is -0.000000105. The molecule has 0 aromatic carbocycles. The van der Waals surface area contributed by atoms with E-state index < -0.39 is 18.0 Å². The van der Waals surface area contributed by atoms with Crippen molar-refractivity contribution in [1.82, 2.24) is 0 Å². The van der Waals surface area contributed by atoms with Crippen LogP contribution in [0.3, 0.4) is 0 Å². The second kappa shape index (κ2) is 133. The van der Waals surface area contributed by atoms with E-state index in [-0.39, 0.29) is 53.8 Å². The molecule has 7 atom stereocenters. The van der Waals surface area contributed by atoms with Crippen LogP contribution in [0, 0.1) is 17.8 Å². The first kappa shape index (κ1) is 141. The van der Waals surface area contributed by atoms with Gasteiger partial charge >= 0.3 is 11.9 Å². The summed E-state index contributed by atoms with van der Waals surface area (Å²) in [5, 5.41) is 25.0. The number of primary amides is 1. The molecule has 24 heteroatoms. The van der Waals surface area contributed by atoms with Crippen LogP contribution in [0.2, 0.25) is 0 Å². The summed E-state index contributed by atoms with van der Waals surface area (Å²) in [6.45, 7) is 31.2. The normalized spacial score (nSPS) is 11.9. The molecule has 706 valence electrons. The largest absolute Gasteiger partial charge is 0.591 e. The molecule has 0 fully saturated rings. The Morgan fingerprint density at radius 3 is 0.664 bits per heavy atom. The molecule has 0 saturated carbocycles. The third kappa shape index (κ3) is 158. The number of nitrogens with two attached hydrogens (primary N) is 5. The number of aliphatic carboxylic acids is 2. The number of carbonyl (C=O) groups is 7. The van der Waals surface area contributed by atoms with Crippen LogP contribution in [0.5, 0.6) is 0 Å². The van der Waals surface area contributed by atoms with Gasteiger partial charge in [0.25, 0.3) is 0 Å². The monoisotopic (exact) mass is 1800 g/mol. The fraction of sp³-hybridized carbons (Fsp3) is 0.924. The highest BCUT2D eigenvalue weighted by atomic mass is 32.2. The predicted molar refractivity (Wildman–Crippen MR) is 542 cm³/mol. The number of carbonyl (C=O) groups excluding carboxylic acids is 5. The molecule has 0 saturated heterocycles. The first-order chi connectivity index (χ1) is 55.5. The van der Waals surface area contributed by atoms with Crippen LogP contribution in [0.1, 0.15) is 431 Å². The van der Waals surface area contributed by atoms with Crippen LogP contribution in [0.4, 0.5) is 0 Å². The van der Waals surface area contributed by atoms with E-state index >= 15 is 0 Å². The molecule has 0 aliphatic rings. The van der Waals surface area contributed by atoms with Gasteiger partial charge in [-0.1, -0.05) is 347 Å². The summed E-state index contributed by atoms with van der Waals surface area (Å²) in [7, 11) is 0.